The molecule has 20 heavy (non-hydrogen) atoms. The van der Waals surface area contributed by atoms with E-state index < -0.39 is 29.8 Å². The van der Waals surface area contributed by atoms with E-state index in [0.717, 1.165) is 12.4 Å². The number of carbonyl (C=O) groups excluding carboxylic acids is 1. The Labute approximate surface area is 111 Å². The van der Waals surface area contributed by atoms with Crippen molar-refractivity contribution in [3.05, 3.63) is 23.8 Å². The average molecular weight is 289 g/mol. The van der Waals surface area contributed by atoms with E-state index in [9.17, 15) is 22.8 Å². The second-order valence-corrected chi connectivity index (χ2v) is 4.47. The summed E-state index contributed by atoms with van der Waals surface area (Å²) < 4.78 is 36.7. The zero-order valence-electron chi connectivity index (χ0n) is 10.0. The smallest absolute Gasteiger partial charge is 0.451 e. The number of aromatic nitrogens is 2. The maximum atomic E-state index is 12.2. The molecule has 0 aromatic carbocycles. The van der Waals surface area contributed by atoms with Crippen LogP contribution in [-0.2, 0) is 11.0 Å². The van der Waals surface area contributed by atoms with Crippen LogP contribution in [0, 0.1) is 5.92 Å². The lowest BCUT2D eigenvalue weighted by Crippen LogP contribution is -2.46. The number of rotatable bonds is 3. The Hall–Kier alpha value is -2.19. The predicted octanol–water partition coefficient (Wildman–Crippen LogP) is 1.09. The van der Waals surface area contributed by atoms with Gasteiger partial charge in [0.05, 0.1) is 11.5 Å². The predicted molar refractivity (Wildman–Crippen MR) is 58.6 cm³/mol. The summed E-state index contributed by atoms with van der Waals surface area (Å²) in [4.78, 5) is 28.4. The second kappa shape index (κ2) is 5.06. The third-order valence-corrected chi connectivity index (χ3v) is 2.99. The van der Waals surface area contributed by atoms with E-state index in [2.05, 4.69) is 15.3 Å². The summed E-state index contributed by atoms with van der Waals surface area (Å²) in [5.41, 5.74) is -0.100. The van der Waals surface area contributed by atoms with Gasteiger partial charge in [0.15, 0.2) is 0 Å². The van der Waals surface area contributed by atoms with Gasteiger partial charge in [-0.2, -0.15) is 13.2 Å². The van der Waals surface area contributed by atoms with Gasteiger partial charge in [-0.25, -0.2) is 9.97 Å². The lowest BCUT2D eigenvalue weighted by Gasteiger charge is -2.32. The van der Waals surface area contributed by atoms with Gasteiger partial charge in [-0.3, -0.25) is 9.59 Å². The van der Waals surface area contributed by atoms with Crippen molar-refractivity contribution in [1.29, 1.82) is 0 Å². The Balaban J connectivity index is 1.92. The van der Waals surface area contributed by atoms with Crippen molar-refractivity contribution in [1.82, 2.24) is 15.3 Å². The van der Waals surface area contributed by atoms with E-state index in [1.807, 2.05) is 0 Å². The first-order valence-corrected chi connectivity index (χ1v) is 5.70. The third-order valence-electron chi connectivity index (χ3n) is 2.99. The third kappa shape index (κ3) is 3.03. The normalized spacial score (nSPS) is 21.9. The van der Waals surface area contributed by atoms with Gasteiger partial charge >= 0.3 is 12.1 Å². The molecule has 0 atom stereocenters. The number of alkyl halides is 3. The number of amides is 1. The molecule has 9 heteroatoms. The summed E-state index contributed by atoms with van der Waals surface area (Å²) in [5.74, 6) is -3.34. The van der Waals surface area contributed by atoms with Gasteiger partial charge in [0.1, 0.15) is 0 Å². The van der Waals surface area contributed by atoms with Gasteiger partial charge < -0.3 is 10.4 Å². The van der Waals surface area contributed by atoms with Crippen molar-refractivity contribution >= 4 is 11.9 Å². The van der Waals surface area contributed by atoms with Crippen LogP contribution in [-0.4, -0.2) is 33.0 Å². The van der Waals surface area contributed by atoms with Crippen LogP contribution in [0.4, 0.5) is 13.2 Å². The van der Waals surface area contributed by atoms with Gasteiger partial charge in [0.25, 0.3) is 5.91 Å². The number of halogens is 3. The maximum Gasteiger partial charge on any atom is 0.451 e. The van der Waals surface area contributed by atoms with E-state index in [0.29, 0.717) is 12.8 Å². The molecule has 6 nitrogen and oxygen atoms in total. The summed E-state index contributed by atoms with van der Waals surface area (Å²) in [6.45, 7) is 0. The van der Waals surface area contributed by atoms with E-state index in [1.54, 1.807) is 0 Å². The topological polar surface area (TPSA) is 92.2 Å². The van der Waals surface area contributed by atoms with Crippen molar-refractivity contribution in [3.8, 4) is 0 Å². The first-order chi connectivity index (χ1) is 9.27. The Kier molecular flexibility index (Phi) is 3.60. The summed E-state index contributed by atoms with van der Waals surface area (Å²) in [5, 5.41) is 11.2. The monoisotopic (exact) mass is 289 g/mol. The van der Waals surface area contributed by atoms with Crippen LogP contribution < -0.4 is 5.32 Å². The number of nitrogens with one attached hydrogen (secondary N) is 1. The van der Waals surface area contributed by atoms with Gasteiger partial charge in [-0.15, -0.1) is 0 Å². The van der Waals surface area contributed by atoms with Gasteiger partial charge in [-0.1, -0.05) is 0 Å². The van der Waals surface area contributed by atoms with E-state index in [1.165, 1.54) is 0 Å². The summed E-state index contributed by atoms with van der Waals surface area (Å²) in [6, 6.07) is -0.286. The summed E-state index contributed by atoms with van der Waals surface area (Å²) in [7, 11) is 0. The molecule has 0 aliphatic heterocycles. The van der Waals surface area contributed by atoms with Crippen LogP contribution in [0.2, 0.25) is 0 Å². The van der Waals surface area contributed by atoms with Crippen molar-refractivity contribution in [3.63, 3.8) is 0 Å². The van der Waals surface area contributed by atoms with Gasteiger partial charge in [-0.05, 0) is 12.8 Å². The molecule has 0 bridgehead atoms. The van der Waals surface area contributed by atoms with E-state index in [-0.39, 0.29) is 11.6 Å². The molecule has 1 aromatic rings. The molecule has 0 spiro atoms. The zero-order valence-corrected chi connectivity index (χ0v) is 10.0. The Morgan fingerprint density at radius 3 is 2.25 bits per heavy atom. The van der Waals surface area contributed by atoms with Crippen LogP contribution >= 0.6 is 0 Å². The zero-order chi connectivity index (χ0) is 14.9. The fourth-order valence-electron chi connectivity index (χ4n) is 1.80. The van der Waals surface area contributed by atoms with E-state index >= 15 is 0 Å². The average Bonchev–Trinajstić information content (AvgIpc) is 2.31. The van der Waals surface area contributed by atoms with E-state index in [4.69, 9.17) is 5.11 Å². The summed E-state index contributed by atoms with van der Waals surface area (Å²) >= 11 is 0. The second-order valence-electron chi connectivity index (χ2n) is 4.47. The quantitative estimate of drug-likeness (QED) is 0.869. The highest BCUT2D eigenvalue weighted by Crippen LogP contribution is 2.28. The fourth-order valence-corrected chi connectivity index (χ4v) is 1.80. The highest BCUT2D eigenvalue weighted by atomic mass is 19.4. The molecule has 108 valence electrons. The lowest BCUT2D eigenvalue weighted by molar-refractivity contribution is -0.145. The molecule has 1 amide bonds. The van der Waals surface area contributed by atoms with Crippen molar-refractivity contribution in [2.24, 2.45) is 5.92 Å². The van der Waals surface area contributed by atoms with Crippen LogP contribution in [0.3, 0.4) is 0 Å². The minimum absolute atomic E-state index is 0.100. The SMILES string of the molecule is O=C(NC1CC(C(=O)O)C1)c1cnc(C(F)(F)F)nc1. The molecular weight excluding hydrogens is 279 g/mol. The molecule has 1 aliphatic carbocycles. The minimum Gasteiger partial charge on any atom is -0.481 e. The van der Waals surface area contributed by atoms with Crippen molar-refractivity contribution in [2.75, 3.05) is 0 Å². The molecular formula is C11H10F3N3O3. The highest BCUT2D eigenvalue weighted by Gasteiger charge is 2.36. The number of carboxylic acids is 1. The molecule has 1 aliphatic rings. The highest BCUT2D eigenvalue weighted by molar-refractivity contribution is 5.94. The number of nitrogens with zero attached hydrogens (tertiary/aromatic N) is 2. The molecule has 0 saturated heterocycles. The Bertz CT molecular complexity index is 524. The molecule has 2 N–H and O–H groups in total. The molecule has 0 radical (unpaired) electrons. The first kappa shape index (κ1) is 14.2. The van der Waals surface area contributed by atoms with Crippen LogP contribution in [0.5, 0.6) is 0 Å². The molecule has 1 aromatic heterocycles. The number of carboxylic acid groups (broad SMARTS) is 1. The minimum atomic E-state index is -4.66. The van der Waals surface area contributed by atoms with Gasteiger partial charge in [0.2, 0.25) is 5.82 Å². The van der Waals surface area contributed by atoms with Crippen LogP contribution in [0.25, 0.3) is 0 Å². The van der Waals surface area contributed by atoms with Crippen LogP contribution in [0.1, 0.15) is 29.0 Å². The first-order valence-electron chi connectivity index (χ1n) is 5.70. The standard InChI is InChI=1S/C11H10F3N3O3/c12-11(13,14)10-15-3-6(4-16-10)8(18)17-7-1-5(2-7)9(19)20/h3-5,7H,1-2H2,(H,17,18)(H,19,20). The van der Waals surface area contributed by atoms with Gasteiger partial charge in [0, 0.05) is 18.4 Å². The number of aliphatic carboxylic acids is 1. The molecule has 1 fully saturated rings. The fraction of sp³-hybridized carbons (Fsp3) is 0.455. The summed E-state index contributed by atoms with van der Waals surface area (Å²) in [6.07, 6.45) is -2.46. The number of hydrogen-bond donors (Lipinski definition) is 2. The number of hydrogen-bond acceptors (Lipinski definition) is 4. The largest absolute Gasteiger partial charge is 0.481 e. The molecule has 1 heterocycles. The Morgan fingerprint density at radius 1 is 1.25 bits per heavy atom. The van der Waals surface area contributed by atoms with Crippen molar-refractivity contribution in [2.45, 2.75) is 25.1 Å². The van der Waals surface area contributed by atoms with Crippen molar-refractivity contribution < 1.29 is 27.9 Å². The van der Waals surface area contributed by atoms with Crippen LogP contribution in [0.15, 0.2) is 12.4 Å². The molecule has 1 saturated carbocycles. The molecule has 0 unspecified atom stereocenters. The molecule has 2 rings (SSSR count). The maximum absolute atomic E-state index is 12.2. The Morgan fingerprint density at radius 2 is 1.80 bits per heavy atom. The lowest BCUT2D eigenvalue weighted by atomic mass is 9.80. The number of carbonyl (C=O) groups is 2.